The van der Waals surface area contributed by atoms with Crippen LogP contribution in [-0.4, -0.2) is 57.9 Å². The highest BCUT2D eigenvalue weighted by Gasteiger charge is 2.33. The fourth-order valence-electron chi connectivity index (χ4n) is 4.02. The van der Waals surface area contributed by atoms with E-state index in [0.29, 0.717) is 22.7 Å². The van der Waals surface area contributed by atoms with E-state index in [2.05, 4.69) is 20.6 Å². The van der Waals surface area contributed by atoms with E-state index < -0.39 is 5.82 Å². The van der Waals surface area contributed by atoms with E-state index in [1.165, 1.54) is 19.1 Å². The number of amidine groups is 1. The summed E-state index contributed by atoms with van der Waals surface area (Å²) < 4.78 is 31.3. The standard InChI is InChI=1S/C24H27FN6O4.BrH/c1-24(2,3)15-8-13(6-7-17(15)35-12-19-27-29-30-28-19)16(32)11-31-10-14-9-18(33-4)22(34-5)21(25)20(14)23(31)26;/h6-9,26H,10-12H2,1-5H3,(H,27,28,29,30);1H. The van der Waals surface area contributed by atoms with Crippen LogP contribution in [0.3, 0.4) is 0 Å². The SMILES string of the molecule is Br.COc1cc2c(c(F)c1OC)C(=N)N(CC(=O)c1ccc(OCc3nnn[nH]3)c(C(C)(C)C)c1)C2. The molecule has 1 aromatic heterocycles. The van der Waals surface area contributed by atoms with Gasteiger partial charge < -0.3 is 19.1 Å². The first-order chi connectivity index (χ1) is 16.6. The van der Waals surface area contributed by atoms with Crippen LogP contribution < -0.4 is 14.2 Å². The van der Waals surface area contributed by atoms with E-state index in [9.17, 15) is 4.79 Å². The quantitative estimate of drug-likeness (QED) is 0.396. The van der Waals surface area contributed by atoms with Gasteiger partial charge in [0.25, 0.3) is 0 Å². The molecule has 1 aliphatic heterocycles. The first kappa shape index (κ1) is 27.1. The van der Waals surface area contributed by atoms with Crippen molar-refractivity contribution in [1.29, 1.82) is 5.41 Å². The van der Waals surface area contributed by atoms with Gasteiger partial charge in [0.05, 0.1) is 26.3 Å². The first-order valence-corrected chi connectivity index (χ1v) is 10.9. The van der Waals surface area contributed by atoms with E-state index in [1.807, 2.05) is 20.8 Å². The summed E-state index contributed by atoms with van der Waals surface area (Å²) in [5, 5.41) is 22.0. The summed E-state index contributed by atoms with van der Waals surface area (Å²) >= 11 is 0. The van der Waals surface area contributed by atoms with Crippen molar-refractivity contribution < 1.29 is 23.4 Å². The van der Waals surface area contributed by atoms with E-state index in [-0.39, 0.29) is 70.8 Å². The van der Waals surface area contributed by atoms with Crippen molar-refractivity contribution in [2.45, 2.75) is 39.3 Å². The minimum absolute atomic E-state index is 0. The van der Waals surface area contributed by atoms with E-state index >= 15 is 4.39 Å². The van der Waals surface area contributed by atoms with Crippen LogP contribution in [-0.2, 0) is 18.6 Å². The highest BCUT2D eigenvalue weighted by atomic mass is 79.9. The molecule has 1 aliphatic rings. The number of ketones is 1. The number of carbonyl (C=O) groups is 1. The highest BCUT2D eigenvalue weighted by Crippen LogP contribution is 2.38. The summed E-state index contributed by atoms with van der Waals surface area (Å²) in [6, 6.07) is 6.88. The van der Waals surface area contributed by atoms with Crippen molar-refractivity contribution in [3.8, 4) is 17.2 Å². The van der Waals surface area contributed by atoms with Gasteiger partial charge in [0.2, 0.25) is 0 Å². The van der Waals surface area contributed by atoms with E-state index in [0.717, 1.165) is 5.56 Å². The van der Waals surface area contributed by atoms with Crippen molar-refractivity contribution in [3.05, 3.63) is 58.2 Å². The van der Waals surface area contributed by atoms with Gasteiger partial charge in [-0.15, -0.1) is 22.1 Å². The Kier molecular flexibility index (Phi) is 7.97. The molecule has 0 saturated carbocycles. The molecule has 0 atom stereocenters. The number of methoxy groups -OCH3 is 2. The number of hydrogen-bond donors (Lipinski definition) is 2. The van der Waals surface area contributed by atoms with Crippen LogP contribution in [0.25, 0.3) is 0 Å². The molecule has 0 aliphatic carbocycles. The number of nitrogens with one attached hydrogen (secondary N) is 2. The third-order valence-electron chi connectivity index (χ3n) is 5.80. The Morgan fingerprint density at radius 1 is 1.19 bits per heavy atom. The van der Waals surface area contributed by atoms with Crippen molar-refractivity contribution >= 4 is 28.6 Å². The summed E-state index contributed by atoms with van der Waals surface area (Å²) in [5.74, 6) is 0.361. The molecule has 0 radical (unpaired) electrons. The van der Waals surface area contributed by atoms with E-state index in [1.54, 1.807) is 24.3 Å². The van der Waals surface area contributed by atoms with Crippen molar-refractivity contribution in [2.75, 3.05) is 20.8 Å². The Labute approximate surface area is 218 Å². The molecule has 192 valence electrons. The molecule has 0 spiro atoms. The molecule has 36 heavy (non-hydrogen) atoms. The monoisotopic (exact) mass is 562 g/mol. The molecular formula is C24H28BrFN6O4. The summed E-state index contributed by atoms with van der Waals surface area (Å²) in [6.07, 6.45) is 0. The number of rotatable bonds is 8. The van der Waals surface area contributed by atoms with Crippen LogP contribution in [0.5, 0.6) is 17.2 Å². The zero-order valence-electron chi connectivity index (χ0n) is 20.6. The van der Waals surface area contributed by atoms with Crippen molar-refractivity contribution in [1.82, 2.24) is 25.5 Å². The lowest BCUT2D eigenvalue weighted by atomic mass is 9.85. The third-order valence-corrected chi connectivity index (χ3v) is 5.80. The van der Waals surface area contributed by atoms with Crippen molar-refractivity contribution in [2.24, 2.45) is 0 Å². The summed E-state index contributed by atoms with van der Waals surface area (Å²) in [7, 11) is 2.77. The Morgan fingerprint density at radius 2 is 1.94 bits per heavy atom. The Morgan fingerprint density at radius 3 is 2.56 bits per heavy atom. The van der Waals surface area contributed by atoms with Crippen LogP contribution in [0.2, 0.25) is 0 Å². The maximum absolute atomic E-state index is 15.0. The largest absolute Gasteiger partial charge is 0.493 e. The molecule has 4 rings (SSSR count). The second-order valence-corrected chi connectivity index (χ2v) is 9.19. The van der Waals surface area contributed by atoms with Crippen LogP contribution in [0.15, 0.2) is 24.3 Å². The van der Waals surface area contributed by atoms with Gasteiger partial charge in [-0.2, -0.15) is 0 Å². The van der Waals surface area contributed by atoms with Crippen LogP contribution >= 0.6 is 17.0 Å². The number of hydrogen-bond acceptors (Lipinski definition) is 8. The predicted octanol–water partition coefficient (Wildman–Crippen LogP) is 3.83. The number of carbonyl (C=O) groups excluding carboxylic acids is 1. The molecule has 0 fully saturated rings. The normalized spacial score (nSPS) is 12.7. The van der Waals surface area contributed by atoms with Crippen LogP contribution in [0, 0.1) is 11.2 Å². The second-order valence-electron chi connectivity index (χ2n) is 9.19. The van der Waals surface area contributed by atoms with E-state index in [4.69, 9.17) is 19.6 Å². The van der Waals surface area contributed by atoms with Gasteiger partial charge in [-0.25, -0.2) is 9.49 Å². The number of ether oxygens (including phenoxy) is 3. The number of aromatic nitrogens is 4. The molecule has 2 aromatic carbocycles. The van der Waals surface area contributed by atoms with Gasteiger partial charge in [0.15, 0.2) is 28.9 Å². The number of benzene rings is 2. The molecular weight excluding hydrogens is 535 g/mol. The second kappa shape index (κ2) is 10.6. The number of aromatic amines is 1. The minimum atomic E-state index is -0.666. The zero-order valence-corrected chi connectivity index (χ0v) is 22.4. The molecule has 3 aromatic rings. The Balaban J connectivity index is 0.00000361. The predicted molar refractivity (Wildman–Crippen MR) is 135 cm³/mol. The number of nitrogens with zero attached hydrogens (tertiary/aromatic N) is 4. The molecule has 0 bridgehead atoms. The maximum Gasteiger partial charge on any atom is 0.197 e. The van der Waals surface area contributed by atoms with Crippen LogP contribution in [0.4, 0.5) is 4.39 Å². The molecule has 2 heterocycles. The summed E-state index contributed by atoms with van der Waals surface area (Å²) in [5.41, 5.74) is 1.70. The zero-order chi connectivity index (χ0) is 25.3. The lowest BCUT2D eigenvalue weighted by molar-refractivity contribution is 0.0962. The van der Waals surface area contributed by atoms with Gasteiger partial charge in [-0.05, 0) is 45.7 Å². The topological polar surface area (TPSA) is 126 Å². The van der Waals surface area contributed by atoms with Gasteiger partial charge in [0, 0.05) is 17.7 Å². The molecule has 0 unspecified atom stereocenters. The molecule has 12 heteroatoms. The summed E-state index contributed by atoms with van der Waals surface area (Å²) in [4.78, 5) is 14.7. The van der Waals surface area contributed by atoms with Crippen LogP contribution in [0.1, 0.15) is 53.6 Å². The maximum atomic E-state index is 15.0. The molecule has 10 nitrogen and oxygen atoms in total. The third kappa shape index (κ3) is 5.18. The Bertz CT molecular complexity index is 1280. The average Bonchev–Trinajstić information content (AvgIpc) is 3.45. The fourth-order valence-corrected chi connectivity index (χ4v) is 4.02. The van der Waals surface area contributed by atoms with Gasteiger partial charge in [-0.1, -0.05) is 20.8 Å². The van der Waals surface area contributed by atoms with Gasteiger partial charge in [-0.3, -0.25) is 10.2 Å². The van der Waals surface area contributed by atoms with Gasteiger partial charge >= 0.3 is 0 Å². The smallest absolute Gasteiger partial charge is 0.197 e. The number of fused-ring (bicyclic) bond motifs is 1. The lowest BCUT2D eigenvalue weighted by Gasteiger charge is -2.24. The molecule has 0 amide bonds. The first-order valence-electron chi connectivity index (χ1n) is 10.9. The average molecular weight is 563 g/mol. The highest BCUT2D eigenvalue weighted by molar-refractivity contribution is 8.93. The fraction of sp³-hybridized carbons (Fsp3) is 0.375. The van der Waals surface area contributed by atoms with Gasteiger partial charge in [0.1, 0.15) is 18.2 Å². The number of tetrazole rings is 1. The molecule has 0 saturated heterocycles. The number of Topliss-reactive ketones (excluding diaryl/α,β-unsaturated/α-hetero) is 1. The Hall–Kier alpha value is -3.54. The summed E-state index contributed by atoms with van der Waals surface area (Å²) in [6.45, 7) is 6.37. The van der Waals surface area contributed by atoms with Crippen molar-refractivity contribution in [3.63, 3.8) is 0 Å². The number of H-pyrrole nitrogens is 1. The molecule has 2 N–H and O–H groups in total. The lowest BCUT2D eigenvalue weighted by Crippen LogP contribution is -2.30. The number of halogens is 2. The minimum Gasteiger partial charge on any atom is -0.493 e.